The Morgan fingerprint density at radius 2 is 1.96 bits per heavy atom. The molecule has 1 aromatic heterocycles. The molecule has 0 saturated carbocycles. The topological polar surface area (TPSA) is 95.0 Å². The number of benzene rings is 1. The molecule has 0 saturated heterocycles. The maximum Gasteiger partial charge on any atom is 0.272 e. The molecule has 0 spiro atoms. The summed E-state index contributed by atoms with van der Waals surface area (Å²) in [5.41, 5.74) is -0.413. The van der Waals surface area contributed by atoms with Crippen LogP contribution < -0.4 is 10.4 Å². The molecule has 9 heteroatoms. The molecule has 2 aromatic rings. The molecule has 1 heterocycles. The number of hydrogen-bond acceptors (Lipinski definition) is 6. The maximum absolute atomic E-state index is 13.6. The van der Waals surface area contributed by atoms with Gasteiger partial charge in [0.2, 0.25) is 0 Å². The lowest BCUT2D eigenvalue weighted by molar-refractivity contribution is -0.255. The van der Waals surface area contributed by atoms with Gasteiger partial charge in [0.25, 0.3) is 5.91 Å². The van der Waals surface area contributed by atoms with Crippen molar-refractivity contribution in [2.75, 3.05) is 12.3 Å². The average Bonchev–Trinajstić information content (AvgIpc) is 2.56. The van der Waals surface area contributed by atoms with Gasteiger partial charge in [0, 0.05) is 41.0 Å². The zero-order valence-electron chi connectivity index (χ0n) is 12.3. The van der Waals surface area contributed by atoms with Crippen molar-refractivity contribution in [1.82, 2.24) is 15.3 Å². The number of carboxylic acids is 1. The Bertz CT molecular complexity index is 740. The van der Waals surface area contributed by atoms with Crippen molar-refractivity contribution in [3.05, 3.63) is 58.4 Å². The lowest BCUT2D eigenvalue weighted by Crippen LogP contribution is -2.32. The van der Waals surface area contributed by atoms with Crippen LogP contribution in [0.15, 0.2) is 30.6 Å². The summed E-state index contributed by atoms with van der Waals surface area (Å²) in [6.45, 7) is 0.249. The van der Waals surface area contributed by atoms with Crippen molar-refractivity contribution in [3.63, 3.8) is 0 Å². The van der Waals surface area contributed by atoms with E-state index in [4.69, 9.17) is 11.6 Å². The number of hydrogen-bond donors (Lipinski definition) is 1. The Morgan fingerprint density at radius 1 is 1.25 bits per heavy atom. The van der Waals surface area contributed by atoms with Crippen LogP contribution in [0.4, 0.5) is 4.39 Å². The maximum atomic E-state index is 13.6. The van der Waals surface area contributed by atoms with Gasteiger partial charge < -0.3 is 15.2 Å². The zero-order valence-corrected chi connectivity index (χ0v) is 13.9. The van der Waals surface area contributed by atoms with Gasteiger partial charge in [0.1, 0.15) is 11.5 Å². The second kappa shape index (κ2) is 8.60. The molecule has 0 aliphatic rings. The molecule has 0 fully saturated rings. The van der Waals surface area contributed by atoms with Gasteiger partial charge in [-0.2, -0.15) is 11.8 Å². The summed E-state index contributed by atoms with van der Waals surface area (Å²) in [6.07, 6.45) is 2.38. The van der Waals surface area contributed by atoms with Gasteiger partial charge in [0.05, 0.1) is 5.97 Å². The van der Waals surface area contributed by atoms with Gasteiger partial charge in [0.15, 0.2) is 5.69 Å². The number of aromatic carboxylic acids is 1. The highest BCUT2D eigenvalue weighted by atomic mass is 35.5. The van der Waals surface area contributed by atoms with E-state index in [-0.39, 0.29) is 18.1 Å². The average molecular weight is 369 g/mol. The molecule has 126 valence electrons. The van der Waals surface area contributed by atoms with E-state index in [1.165, 1.54) is 30.1 Å². The predicted molar refractivity (Wildman–Crippen MR) is 86.3 cm³/mol. The summed E-state index contributed by atoms with van der Waals surface area (Å²) in [5.74, 6) is -1.77. The smallest absolute Gasteiger partial charge is 0.272 e. The summed E-state index contributed by atoms with van der Waals surface area (Å²) in [7, 11) is 0. The van der Waals surface area contributed by atoms with Crippen molar-refractivity contribution >= 4 is 35.2 Å². The van der Waals surface area contributed by atoms with Crippen molar-refractivity contribution in [2.45, 2.75) is 5.75 Å². The van der Waals surface area contributed by atoms with Crippen LogP contribution in [0.5, 0.6) is 0 Å². The van der Waals surface area contributed by atoms with Crippen LogP contribution >= 0.6 is 23.4 Å². The first-order chi connectivity index (χ1) is 11.5. The first kappa shape index (κ1) is 18.2. The fourth-order valence-electron chi connectivity index (χ4n) is 1.82. The van der Waals surface area contributed by atoms with Crippen LogP contribution in [0.1, 0.15) is 26.5 Å². The largest absolute Gasteiger partial charge is 0.543 e. The monoisotopic (exact) mass is 368 g/mol. The molecule has 0 unspecified atom stereocenters. The van der Waals surface area contributed by atoms with Gasteiger partial charge in [-0.15, -0.1) is 0 Å². The molecule has 0 bridgehead atoms. The standard InChI is InChI=1S/C15H13ClFN3O3S/c16-10-2-1-3-11(17)9(10)8-24-7-6-20-14(21)12-13(15(22)23)19-5-4-18-12/h1-5H,6-8H2,(H,20,21)(H,22,23)/p-1. The molecule has 0 radical (unpaired) electrons. The Balaban J connectivity index is 1.83. The lowest BCUT2D eigenvalue weighted by atomic mass is 10.2. The molecule has 0 aliphatic carbocycles. The van der Waals surface area contributed by atoms with Crippen molar-refractivity contribution < 1.29 is 19.1 Å². The molecule has 0 atom stereocenters. The van der Waals surface area contributed by atoms with Crippen molar-refractivity contribution in [1.29, 1.82) is 0 Å². The third-order valence-electron chi connectivity index (χ3n) is 2.95. The van der Waals surface area contributed by atoms with E-state index in [0.29, 0.717) is 22.1 Å². The van der Waals surface area contributed by atoms with Crippen molar-refractivity contribution in [3.8, 4) is 0 Å². The number of nitrogens with zero attached hydrogens (tertiary/aromatic N) is 2. The first-order valence-corrected chi connectivity index (χ1v) is 8.35. The number of nitrogens with one attached hydrogen (secondary N) is 1. The van der Waals surface area contributed by atoms with E-state index >= 15 is 0 Å². The quantitative estimate of drug-likeness (QED) is 0.740. The van der Waals surface area contributed by atoms with E-state index in [2.05, 4.69) is 15.3 Å². The highest BCUT2D eigenvalue weighted by Crippen LogP contribution is 2.23. The molecule has 1 aromatic carbocycles. The number of carboxylic acid groups (broad SMARTS) is 1. The molecule has 0 aliphatic heterocycles. The number of amides is 1. The van der Waals surface area contributed by atoms with Crippen molar-refractivity contribution in [2.24, 2.45) is 0 Å². The molecule has 6 nitrogen and oxygen atoms in total. The predicted octanol–water partition coefficient (Wildman–Crippen LogP) is 1.30. The Morgan fingerprint density at radius 3 is 2.62 bits per heavy atom. The van der Waals surface area contributed by atoms with Crippen LogP contribution in [0.2, 0.25) is 5.02 Å². The number of rotatable bonds is 7. The fraction of sp³-hybridized carbons (Fsp3) is 0.200. The zero-order chi connectivity index (χ0) is 17.5. The number of carbonyl (C=O) groups is 2. The third-order valence-corrected chi connectivity index (χ3v) is 4.29. The second-order valence-corrected chi connectivity index (χ2v) is 6.06. The number of carbonyl (C=O) groups excluding carboxylic acids is 2. The van der Waals surface area contributed by atoms with Gasteiger partial charge in [-0.05, 0) is 12.1 Å². The highest BCUT2D eigenvalue weighted by Gasteiger charge is 2.14. The normalized spacial score (nSPS) is 10.4. The van der Waals surface area contributed by atoms with Gasteiger partial charge in [-0.25, -0.2) is 9.37 Å². The van der Waals surface area contributed by atoms with Crippen LogP contribution in [0.25, 0.3) is 0 Å². The minimum atomic E-state index is -1.57. The van der Waals surface area contributed by atoms with Crippen LogP contribution in [-0.4, -0.2) is 34.1 Å². The fourth-order valence-corrected chi connectivity index (χ4v) is 3.02. The lowest BCUT2D eigenvalue weighted by Gasteiger charge is -2.09. The highest BCUT2D eigenvalue weighted by molar-refractivity contribution is 7.98. The Kier molecular flexibility index (Phi) is 6.51. The number of aromatic nitrogens is 2. The summed E-state index contributed by atoms with van der Waals surface area (Å²) in [4.78, 5) is 30.0. The third kappa shape index (κ3) is 4.65. The molecule has 1 N–H and O–H groups in total. The first-order valence-electron chi connectivity index (χ1n) is 6.82. The van der Waals surface area contributed by atoms with Crippen LogP contribution in [-0.2, 0) is 5.75 Å². The van der Waals surface area contributed by atoms with E-state index in [1.54, 1.807) is 6.07 Å². The number of thioether (sulfide) groups is 1. The SMILES string of the molecule is O=C([O-])c1nccnc1C(=O)NCCSCc1c(F)cccc1Cl. The van der Waals surface area contributed by atoms with E-state index in [9.17, 15) is 19.1 Å². The molecular formula is C15H12ClFN3O3S-. The molecular weight excluding hydrogens is 357 g/mol. The van der Waals surface area contributed by atoms with Gasteiger partial charge in [-0.1, -0.05) is 17.7 Å². The summed E-state index contributed by atoms with van der Waals surface area (Å²) < 4.78 is 13.6. The van der Waals surface area contributed by atoms with E-state index in [1.807, 2.05) is 0 Å². The Hall–Kier alpha value is -2.19. The summed E-state index contributed by atoms with van der Waals surface area (Å²) in [6, 6.07) is 4.47. The van der Waals surface area contributed by atoms with E-state index < -0.39 is 17.6 Å². The number of halogens is 2. The minimum absolute atomic E-state index is 0.249. The summed E-state index contributed by atoms with van der Waals surface area (Å²) in [5, 5.41) is 13.8. The van der Waals surface area contributed by atoms with Gasteiger partial charge in [-0.3, -0.25) is 9.78 Å². The molecule has 2 rings (SSSR count). The van der Waals surface area contributed by atoms with Gasteiger partial charge >= 0.3 is 0 Å². The second-order valence-electron chi connectivity index (χ2n) is 4.55. The summed E-state index contributed by atoms with van der Waals surface area (Å²) >= 11 is 7.30. The van der Waals surface area contributed by atoms with Crippen LogP contribution in [0.3, 0.4) is 0 Å². The minimum Gasteiger partial charge on any atom is -0.543 e. The Labute approximate surface area is 146 Å². The molecule has 1 amide bonds. The van der Waals surface area contributed by atoms with Crippen LogP contribution in [0, 0.1) is 5.82 Å². The molecule has 24 heavy (non-hydrogen) atoms. The van der Waals surface area contributed by atoms with E-state index in [0.717, 1.165) is 6.20 Å².